The maximum atomic E-state index is 14.9. The number of halogens is 26. The lowest BCUT2D eigenvalue weighted by atomic mass is 9.86. The molecule has 2 aromatic rings. The molecule has 27 heteroatoms. The zero-order chi connectivity index (χ0) is 40.8. The van der Waals surface area contributed by atoms with Crippen molar-refractivity contribution in [3.63, 3.8) is 0 Å². The van der Waals surface area contributed by atoms with Gasteiger partial charge in [-0.15, -0.1) is 11.3 Å². The summed E-state index contributed by atoms with van der Waals surface area (Å²) in [6, 6.07) is -2.53. The second-order valence-corrected chi connectivity index (χ2v) is 11.4. The number of hydrogen-bond donors (Lipinski definition) is 0. The number of aryl methyl sites for hydroxylation is 1. The Balaban J connectivity index is 2.98. The monoisotopic (exact) mass is 824 g/mol. The molecule has 0 aliphatic carbocycles. The van der Waals surface area contributed by atoms with E-state index in [1.165, 1.54) is 6.92 Å². The van der Waals surface area contributed by atoms with E-state index in [2.05, 4.69) is 0 Å². The van der Waals surface area contributed by atoms with Crippen LogP contribution in [-0.4, -0.2) is 59.7 Å². The summed E-state index contributed by atoms with van der Waals surface area (Å²) in [6.07, 6.45) is -17.2. The molecule has 0 amide bonds. The largest absolute Gasteiger partial charge is 0.460 e. The van der Waals surface area contributed by atoms with Crippen LogP contribution in [0, 0.1) is 6.92 Å². The summed E-state index contributed by atoms with van der Waals surface area (Å²) >= 11 is 0.418. The fraction of sp³-hybridized carbons (Fsp3) is 0.583. The Bertz CT molecular complexity index is 1480. The predicted molar refractivity (Wildman–Crippen MR) is 118 cm³/mol. The van der Waals surface area contributed by atoms with Gasteiger partial charge in [0.05, 0.1) is 0 Å². The van der Waals surface area contributed by atoms with E-state index in [1.54, 1.807) is 0 Å². The quantitative estimate of drug-likeness (QED) is 0.187. The number of alkyl halides is 26. The first kappa shape index (κ1) is 44.3. The Labute approximate surface area is 268 Å². The molecule has 0 aliphatic heterocycles. The summed E-state index contributed by atoms with van der Waals surface area (Å²) in [5.74, 6) is -82.9. The van der Waals surface area contributed by atoms with Gasteiger partial charge >= 0.3 is 71.6 Å². The van der Waals surface area contributed by atoms with Crippen molar-refractivity contribution in [2.75, 3.05) is 0 Å². The molecular formula is C24H10F26S. The first-order valence-electron chi connectivity index (χ1n) is 12.2. The van der Waals surface area contributed by atoms with Crippen LogP contribution in [0.25, 0.3) is 0 Å². The number of hydrogen-bond acceptors (Lipinski definition) is 1. The Morgan fingerprint density at radius 1 is 0.392 bits per heavy atom. The van der Waals surface area contributed by atoms with Crippen LogP contribution in [0.1, 0.15) is 27.1 Å². The minimum absolute atomic E-state index is 0.139. The summed E-state index contributed by atoms with van der Waals surface area (Å²) in [4.78, 5) is -0.399. The van der Waals surface area contributed by atoms with Crippen molar-refractivity contribution in [2.45, 2.75) is 84.9 Å². The first-order chi connectivity index (χ1) is 22.1. The topological polar surface area (TPSA) is 0 Å². The van der Waals surface area contributed by atoms with Crippen molar-refractivity contribution in [1.82, 2.24) is 0 Å². The molecule has 0 unspecified atom stereocenters. The van der Waals surface area contributed by atoms with Crippen molar-refractivity contribution in [3.05, 3.63) is 56.8 Å². The first-order valence-corrected chi connectivity index (χ1v) is 13.0. The molecule has 0 bridgehead atoms. The van der Waals surface area contributed by atoms with Crippen molar-refractivity contribution >= 4 is 11.3 Å². The minimum atomic E-state index is -8.63. The Hall–Kier alpha value is -2.90. The SMILES string of the molecule is Cc1csc(Cc2cc(C(F)(F)C(F)(F)C(F)(F)C(F)(F)C(F)(F)C(F)(F)F)cc(C(F)(F)C(F)(F)C(F)(F)C(F)(F)C(F)(F)C(F)(F)F)c2)c1. The van der Waals surface area contributed by atoms with Gasteiger partial charge in [-0.25, -0.2) is 0 Å². The maximum absolute atomic E-state index is 14.9. The lowest BCUT2D eigenvalue weighted by Crippen LogP contribution is -2.69. The molecule has 2 rings (SSSR count). The van der Waals surface area contributed by atoms with Gasteiger partial charge in [0.1, 0.15) is 0 Å². The molecule has 0 saturated heterocycles. The van der Waals surface area contributed by atoms with Crippen LogP contribution in [0.5, 0.6) is 0 Å². The zero-order valence-corrected chi connectivity index (χ0v) is 24.1. The molecule has 0 aliphatic rings. The lowest BCUT2D eigenvalue weighted by Gasteiger charge is -2.41. The van der Waals surface area contributed by atoms with E-state index in [0.717, 1.165) is 11.4 Å². The van der Waals surface area contributed by atoms with Crippen molar-refractivity contribution in [2.24, 2.45) is 0 Å². The van der Waals surface area contributed by atoms with Crippen LogP contribution < -0.4 is 0 Å². The summed E-state index contributed by atoms with van der Waals surface area (Å²) in [7, 11) is 0. The summed E-state index contributed by atoms with van der Waals surface area (Å²) in [5, 5.41) is 1.08. The highest BCUT2D eigenvalue weighted by Crippen LogP contribution is 2.64. The summed E-state index contributed by atoms with van der Waals surface area (Å²) in [5.41, 5.74) is -8.61. The average molecular weight is 824 g/mol. The van der Waals surface area contributed by atoms with E-state index in [9.17, 15) is 114 Å². The number of thiophene rings is 1. The molecule has 294 valence electrons. The molecular weight excluding hydrogens is 814 g/mol. The fourth-order valence-corrected chi connectivity index (χ4v) is 4.75. The molecule has 0 radical (unpaired) electrons. The van der Waals surface area contributed by atoms with Gasteiger partial charge in [0.15, 0.2) is 0 Å². The van der Waals surface area contributed by atoms with Gasteiger partial charge in [0.25, 0.3) is 0 Å². The molecule has 0 atom stereocenters. The van der Waals surface area contributed by atoms with Gasteiger partial charge in [-0.2, -0.15) is 114 Å². The van der Waals surface area contributed by atoms with Gasteiger partial charge in [0.2, 0.25) is 0 Å². The van der Waals surface area contributed by atoms with Crippen molar-refractivity contribution in [3.8, 4) is 0 Å². The Morgan fingerprint density at radius 2 is 0.686 bits per heavy atom. The van der Waals surface area contributed by atoms with Gasteiger partial charge in [0, 0.05) is 22.4 Å². The normalized spacial score (nSPS) is 15.8. The molecule has 1 aromatic heterocycles. The molecule has 0 nitrogen and oxygen atoms in total. The molecule has 0 N–H and O–H groups in total. The predicted octanol–water partition coefficient (Wildman–Crippen LogP) is 12.0. The fourth-order valence-electron chi connectivity index (χ4n) is 3.84. The van der Waals surface area contributed by atoms with Crippen LogP contribution in [0.15, 0.2) is 29.6 Å². The van der Waals surface area contributed by atoms with E-state index in [-0.39, 0.29) is 5.56 Å². The number of benzene rings is 1. The standard InChI is InChI=1S/C24H10F26S/c1-8-2-12(51-7-8)5-9-3-10(13(25,26)15(29,30)17(33,34)19(37,38)21(41,42)23(45,46)47)6-11(4-9)14(27,28)16(31,32)18(35,36)20(39,40)22(43,44)24(48,49)50/h2-4,6-7H,5H2,1H3. The molecule has 0 fully saturated rings. The number of rotatable bonds is 12. The Morgan fingerprint density at radius 3 is 0.941 bits per heavy atom. The summed E-state index contributed by atoms with van der Waals surface area (Å²) in [6.45, 7) is 1.20. The van der Waals surface area contributed by atoms with Crippen molar-refractivity contribution < 1.29 is 114 Å². The maximum Gasteiger partial charge on any atom is 0.460 e. The molecule has 1 heterocycles. The van der Waals surface area contributed by atoms with Gasteiger partial charge in [-0.05, 0) is 47.7 Å². The third-order valence-electron chi connectivity index (χ3n) is 6.75. The molecule has 0 spiro atoms. The molecule has 51 heavy (non-hydrogen) atoms. The van der Waals surface area contributed by atoms with Crippen LogP contribution in [0.4, 0.5) is 114 Å². The third kappa shape index (κ3) is 6.22. The lowest BCUT2D eigenvalue weighted by molar-refractivity contribution is -0.442. The van der Waals surface area contributed by atoms with Crippen LogP contribution in [-0.2, 0) is 18.3 Å². The highest BCUT2D eigenvalue weighted by atomic mass is 32.1. The van der Waals surface area contributed by atoms with E-state index in [4.69, 9.17) is 0 Å². The van der Waals surface area contributed by atoms with Crippen LogP contribution >= 0.6 is 11.3 Å². The van der Waals surface area contributed by atoms with Crippen LogP contribution in [0.2, 0.25) is 0 Å². The van der Waals surface area contributed by atoms with Gasteiger partial charge in [-0.1, -0.05) is 0 Å². The van der Waals surface area contributed by atoms with E-state index in [1.807, 2.05) is 0 Å². The van der Waals surface area contributed by atoms with E-state index in [0.29, 0.717) is 11.3 Å². The molecule has 0 saturated carbocycles. The smallest absolute Gasteiger partial charge is 0.194 e. The summed E-state index contributed by atoms with van der Waals surface area (Å²) < 4.78 is 356. The second-order valence-electron chi connectivity index (χ2n) is 10.4. The van der Waals surface area contributed by atoms with Gasteiger partial charge in [-0.3, -0.25) is 0 Å². The molecule has 1 aromatic carbocycles. The van der Waals surface area contributed by atoms with Gasteiger partial charge < -0.3 is 0 Å². The highest BCUT2D eigenvalue weighted by Gasteiger charge is 2.92. The zero-order valence-electron chi connectivity index (χ0n) is 23.3. The van der Waals surface area contributed by atoms with E-state index >= 15 is 0 Å². The Kier molecular flexibility index (Phi) is 10.5. The average Bonchev–Trinajstić information content (AvgIpc) is 3.34. The van der Waals surface area contributed by atoms with Crippen LogP contribution in [0.3, 0.4) is 0 Å². The second kappa shape index (κ2) is 12.1. The van der Waals surface area contributed by atoms with Crippen molar-refractivity contribution in [1.29, 1.82) is 0 Å². The highest BCUT2D eigenvalue weighted by molar-refractivity contribution is 7.10. The minimum Gasteiger partial charge on any atom is -0.194 e. The third-order valence-corrected chi connectivity index (χ3v) is 7.80. The van der Waals surface area contributed by atoms with E-state index < -0.39 is 118 Å².